The second kappa shape index (κ2) is 7.37. The molecule has 1 spiro atoms. The van der Waals surface area contributed by atoms with Crippen LogP contribution in [0.5, 0.6) is 0 Å². The number of ketones is 1. The quantitative estimate of drug-likeness (QED) is 0.754. The van der Waals surface area contributed by atoms with Crippen molar-refractivity contribution in [2.75, 3.05) is 26.2 Å². The van der Waals surface area contributed by atoms with Gasteiger partial charge in [0.2, 0.25) is 0 Å². The minimum Gasteiger partial charge on any atom is -0.375 e. The number of nitrogens with zero attached hydrogens (tertiary/aromatic N) is 1. The molecule has 2 aliphatic heterocycles. The number of piperidine rings is 1. The summed E-state index contributed by atoms with van der Waals surface area (Å²) in [6.07, 6.45) is 6.61. The lowest BCUT2D eigenvalue weighted by Gasteiger charge is -2.50. The van der Waals surface area contributed by atoms with Crippen LogP contribution in [0.3, 0.4) is 0 Å². The van der Waals surface area contributed by atoms with Crippen molar-refractivity contribution < 1.29 is 9.53 Å². The molecular weight excluding hydrogens is 298 g/mol. The lowest BCUT2D eigenvalue weighted by atomic mass is 9.68. The Morgan fingerprint density at radius 1 is 1.25 bits per heavy atom. The van der Waals surface area contributed by atoms with Crippen LogP contribution in [0.2, 0.25) is 0 Å². The normalized spacial score (nSPS) is 31.2. The van der Waals surface area contributed by atoms with Gasteiger partial charge in [-0.1, -0.05) is 37.3 Å². The minimum atomic E-state index is 0.0428. The first-order valence-electron chi connectivity index (χ1n) is 9.49. The fraction of sp³-hybridized carbons (Fsp3) is 0.667. The minimum absolute atomic E-state index is 0.0428. The molecule has 2 heterocycles. The van der Waals surface area contributed by atoms with Crippen LogP contribution in [-0.2, 0) is 4.74 Å². The number of ether oxygens (including phenoxy) is 1. The van der Waals surface area contributed by atoms with Gasteiger partial charge in [0.15, 0.2) is 5.78 Å². The van der Waals surface area contributed by atoms with Crippen molar-refractivity contribution in [1.29, 1.82) is 0 Å². The molecule has 3 heteroatoms. The zero-order valence-corrected chi connectivity index (χ0v) is 15.2. The van der Waals surface area contributed by atoms with Crippen molar-refractivity contribution in [2.45, 2.75) is 58.0 Å². The smallest absolute Gasteiger partial charge is 0.164 e. The summed E-state index contributed by atoms with van der Waals surface area (Å²) >= 11 is 0. The molecule has 2 aliphatic rings. The number of rotatable bonds is 5. The van der Waals surface area contributed by atoms with Gasteiger partial charge in [-0.15, -0.1) is 0 Å². The highest BCUT2D eigenvalue weighted by Gasteiger charge is 2.44. The summed E-state index contributed by atoms with van der Waals surface area (Å²) < 4.78 is 6.06. The third-order valence-corrected chi connectivity index (χ3v) is 6.07. The first kappa shape index (κ1) is 17.6. The van der Waals surface area contributed by atoms with Gasteiger partial charge in [-0.25, -0.2) is 0 Å². The van der Waals surface area contributed by atoms with Crippen LogP contribution in [0.4, 0.5) is 0 Å². The number of hydrogen-bond donors (Lipinski definition) is 0. The van der Waals surface area contributed by atoms with E-state index in [1.807, 2.05) is 30.3 Å². The molecule has 2 atom stereocenters. The fourth-order valence-corrected chi connectivity index (χ4v) is 4.55. The SMILES string of the molecule is CC[C@]1(C)C[C@]2(CCCN(CCC(=O)c3ccccc3)C2)CCO1. The van der Waals surface area contributed by atoms with Gasteiger partial charge >= 0.3 is 0 Å². The Balaban J connectivity index is 1.57. The van der Waals surface area contributed by atoms with E-state index < -0.39 is 0 Å². The predicted molar refractivity (Wildman–Crippen MR) is 97.4 cm³/mol. The molecule has 1 aromatic rings. The molecular formula is C21H31NO2. The predicted octanol–water partition coefficient (Wildman–Crippen LogP) is 4.32. The lowest BCUT2D eigenvalue weighted by Crippen LogP contribution is -2.51. The average molecular weight is 329 g/mol. The van der Waals surface area contributed by atoms with Gasteiger partial charge in [0.05, 0.1) is 5.60 Å². The summed E-state index contributed by atoms with van der Waals surface area (Å²) in [7, 11) is 0. The van der Waals surface area contributed by atoms with E-state index in [4.69, 9.17) is 4.74 Å². The number of carbonyl (C=O) groups is 1. The molecule has 2 saturated heterocycles. The molecule has 24 heavy (non-hydrogen) atoms. The monoisotopic (exact) mass is 329 g/mol. The Hall–Kier alpha value is -1.19. The van der Waals surface area contributed by atoms with Gasteiger partial charge in [-0.3, -0.25) is 4.79 Å². The van der Waals surface area contributed by atoms with E-state index in [0.29, 0.717) is 11.8 Å². The van der Waals surface area contributed by atoms with Gasteiger partial charge < -0.3 is 9.64 Å². The maximum absolute atomic E-state index is 12.4. The van der Waals surface area contributed by atoms with E-state index >= 15 is 0 Å². The average Bonchev–Trinajstić information content (AvgIpc) is 2.60. The summed E-state index contributed by atoms with van der Waals surface area (Å²) in [4.78, 5) is 14.9. The van der Waals surface area contributed by atoms with Crippen molar-refractivity contribution >= 4 is 5.78 Å². The molecule has 3 nitrogen and oxygen atoms in total. The fourth-order valence-electron chi connectivity index (χ4n) is 4.55. The van der Waals surface area contributed by atoms with E-state index in [0.717, 1.165) is 38.2 Å². The highest BCUT2D eigenvalue weighted by Crippen LogP contribution is 2.46. The maximum atomic E-state index is 12.4. The van der Waals surface area contributed by atoms with Crippen LogP contribution < -0.4 is 0 Å². The molecule has 0 saturated carbocycles. The molecule has 0 unspecified atom stereocenters. The maximum Gasteiger partial charge on any atom is 0.164 e. The van der Waals surface area contributed by atoms with E-state index in [-0.39, 0.29) is 11.4 Å². The standard InChI is InChI=1S/C21H31NO2/c1-3-20(2)16-21(12-15-24-20)11-7-13-22(17-21)14-10-19(23)18-8-5-4-6-9-18/h4-6,8-9H,3,7,10-17H2,1-2H3/t20-,21+/m1/s1. The van der Waals surface area contributed by atoms with Crippen LogP contribution in [0.25, 0.3) is 0 Å². The number of benzene rings is 1. The Bertz CT molecular complexity index is 554. The third-order valence-electron chi connectivity index (χ3n) is 6.07. The number of Topliss-reactive ketones (excluding diaryl/α,β-unsaturated/α-hetero) is 1. The number of carbonyl (C=O) groups excluding carboxylic acids is 1. The zero-order valence-electron chi connectivity index (χ0n) is 15.2. The molecule has 1 aromatic carbocycles. The van der Waals surface area contributed by atoms with Gasteiger partial charge in [0, 0.05) is 31.7 Å². The van der Waals surface area contributed by atoms with Gasteiger partial charge in [-0.2, -0.15) is 0 Å². The molecule has 0 N–H and O–H groups in total. The molecule has 2 fully saturated rings. The second-order valence-corrected chi connectivity index (χ2v) is 8.00. The highest BCUT2D eigenvalue weighted by atomic mass is 16.5. The van der Waals surface area contributed by atoms with Crippen molar-refractivity contribution in [3.63, 3.8) is 0 Å². The largest absolute Gasteiger partial charge is 0.375 e. The molecule has 0 aromatic heterocycles. The summed E-state index contributed by atoms with van der Waals surface area (Å²) in [6.45, 7) is 8.55. The van der Waals surface area contributed by atoms with Gasteiger partial charge in [0.25, 0.3) is 0 Å². The van der Waals surface area contributed by atoms with Crippen LogP contribution in [0.15, 0.2) is 30.3 Å². The van der Waals surface area contributed by atoms with E-state index in [1.54, 1.807) is 0 Å². The first-order chi connectivity index (χ1) is 11.5. The van der Waals surface area contributed by atoms with Crippen LogP contribution in [0.1, 0.15) is 62.7 Å². The highest BCUT2D eigenvalue weighted by molar-refractivity contribution is 5.96. The van der Waals surface area contributed by atoms with Crippen LogP contribution in [-0.4, -0.2) is 42.5 Å². The summed E-state index contributed by atoms with van der Waals surface area (Å²) in [5, 5.41) is 0. The second-order valence-electron chi connectivity index (χ2n) is 8.00. The number of likely N-dealkylation sites (tertiary alicyclic amines) is 1. The van der Waals surface area contributed by atoms with Gasteiger partial charge in [-0.05, 0) is 51.0 Å². The molecule has 3 rings (SSSR count). The Morgan fingerprint density at radius 2 is 2.04 bits per heavy atom. The zero-order chi connectivity index (χ0) is 17.0. The van der Waals surface area contributed by atoms with Crippen molar-refractivity contribution in [2.24, 2.45) is 5.41 Å². The van der Waals surface area contributed by atoms with E-state index in [2.05, 4.69) is 18.7 Å². The third kappa shape index (κ3) is 4.07. The molecule has 0 amide bonds. The summed E-state index contributed by atoms with van der Waals surface area (Å²) in [5.41, 5.74) is 1.28. The van der Waals surface area contributed by atoms with E-state index in [1.165, 1.54) is 25.7 Å². The van der Waals surface area contributed by atoms with Crippen LogP contribution in [0, 0.1) is 5.41 Å². The van der Waals surface area contributed by atoms with Crippen molar-refractivity contribution in [3.05, 3.63) is 35.9 Å². The van der Waals surface area contributed by atoms with Gasteiger partial charge in [0.1, 0.15) is 0 Å². The molecule has 0 radical (unpaired) electrons. The topological polar surface area (TPSA) is 29.5 Å². The van der Waals surface area contributed by atoms with E-state index in [9.17, 15) is 4.79 Å². The lowest BCUT2D eigenvalue weighted by molar-refractivity contribution is -0.133. The molecule has 0 bridgehead atoms. The summed E-state index contributed by atoms with van der Waals surface area (Å²) in [6, 6.07) is 9.69. The van der Waals surface area contributed by atoms with Crippen molar-refractivity contribution in [3.8, 4) is 0 Å². The Morgan fingerprint density at radius 3 is 2.79 bits per heavy atom. The summed E-state index contributed by atoms with van der Waals surface area (Å²) in [5.74, 6) is 0.264. The molecule has 0 aliphatic carbocycles. The first-order valence-corrected chi connectivity index (χ1v) is 9.49. The van der Waals surface area contributed by atoms with Crippen molar-refractivity contribution in [1.82, 2.24) is 4.90 Å². The Labute approximate surface area is 146 Å². The Kier molecular flexibility index (Phi) is 5.41. The number of hydrogen-bond acceptors (Lipinski definition) is 3. The van der Waals surface area contributed by atoms with Crippen LogP contribution >= 0.6 is 0 Å². The molecule has 132 valence electrons.